The quantitative estimate of drug-likeness (QED) is 0.674. The van der Waals surface area contributed by atoms with Crippen LogP contribution in [0.4, 0.5) is 10.1 Å². The number of primary amides is 1. The Morgan fingerprint density at radius 3 is 2.67 bits per heavy atom. The standard InChI is InChI=1S/C9H9FN2O3/c10-6-3-1-2-5(9(14)15)8(6)12-4-7(11)13/h1-3,12H,4H2,(H2,11,13)(H,14,15). The minimum absolute atomic E-state index is 0.233. The fraction of sp³-hybridized carbons (Fsp3) is 0.111. The second-order valence-electron chi connectivity index (χ2n) is 2.79. The lowest BCUT2D eigenvalue weighted by Gasteiger charge is -2.08. The van der Waals surface area contributed by atoms with E-state index in [4.69, 9.17) is 10.8 Å². The van der Waals surface area contributed by atoms with Gasteiger partial charge in [0, 0.05) is 0 Å². The van der Waals surface area contributed by atoms with Gasteiger partial charge in [-0.25, -0.2) is 9.18 Å². The van der Waals surface area contributed by atoms with Crippen molar-refractivity contribution >= 4 is 17.6 Å². The summed E-state index contributed by atoms with van der Waals surface area (Å²) in [7, 11) is 0. The number of halogens is 1. The summed E-state index contributed by atoms with van der Waals surface area (Å²) in [4.78, 5) is 21.2. The van der Waals surface area contributed by atoms with Crippen molar-refractivity contribution in [2.24, 2.45) is 5.73 Å². The van der Waals surface area contributed by atoms with Crippen molar-refractivity contribution < 1.29 is 19.1 Å². The van der Waals surface area contributed by atoms with Gasteiger partial charge in [0.25, 0.3) is 0 Å². The largest absolute Gasteiger partial charge is 0.478 e. The molecular weight excluding hydrogens is 203 g/mol. The Kier molecular flexibility index (Phi) is 3.22. The molecule has 0 radical (unpaired) electrons. The zero-order valence-corrected chi connectivity index (χ0v) is 7.66. The maximum Gasteiger partial charge on any atom is 0.337 e. The first-order valence-corrected chi connectivity index (χ1v) is 4.06. The Morgan fingerprint density at radius 1 is 1.47 bits per heavy atom. The molecule has 0 aromatic heterocycles. The third kappa shape index (κ3) is 2.67. The lowest BCUT2D eigenvalue weighted by atomic mass is 10.1. The monoisotopic (exact) mass is 212 g/mol. The molecule has 0 aliphatic rings. The summed E-state index contributed by atoms with van der Waals surface area (Å²) < 4.78 is 13.2. The van der Waals surface area contributed by atoms with Gasteiger partial charge in [-0.1, -0.05) is 6.07 Å². The summed E-state index contributed by atoms with van der Waals surface area (Å²) in [6.45, 7) is -0.318. The van der Waals surface area contributed by atoms with E-state index in [1.165, 1.54) is 12.1 Å². The molecule has 1 aromatic rings. The molecule has 1 rings (SSSR count). The highest BCUT2D eigenvalue weighted by molar-refractivity contribution is 5.95. The Bertz CT molecular complexity index is 406. The highest BCUT2D eigenvalue weighted by Gasteiger charge is 2.13. The van der Waals surface area contributed by atoms with E-state index in [9.17, 15) is 14.0 Å². The normalized spacial score (nSPS) is 9.67. The zero-order valence-electron chi connectivity index (χ0n) is 7.66. The zero-order chi connectivity index (χ0) is 11.4. The SMILES string of the molecule is NC(=O)CNc1c(F)cccc1C(=O)O. The van der Waals surface area contributed by atoms with E-state index >= 15 is 0 Å². The molecule has 0 unspecified atom stereocenters. The fourth-order valence-electron chi connectivity index (χ4n) is 1.06. The molecule has 0 fully saturated rings. The van der Waals surface area contributed by atoms with Crippen LogP contribution in [-0.4, -0.2) is 23.5 Å². The minimum Gasteiger partial charge on any atom is -0.478 e. The third-order valence-electron chi connectivity index (χ3n) is 1.68. The average Bonchev–Trinajstić information content (AvgIpc) is 2.15. The van der Waals surface area contributed by atoms with Gasteiger partial charge in [-0.3, -0.25) is 4.79 Å². The predicted molar refractivity (Wildman–Crippen MR) is 51.0 cm³/mol. The van der Waals surface area contributed by atoms with Gasteiger partial charge in [0.15, 0.2) is 0 Å². The molecule has 15 heavy (non-hydrogen) atoms. The van der Waals surface area contributed by atoms with Gasteiger partial charge >= 0.3 is 5.97 Å². The van der Waals surface area contributed by atoms with Crippen LogP contribution in [0, 0.1) is 5.82 Å². The number of amides is 1. The van der Waals surface area contributed by atoms with Crippen LogP contribution in [0.15, 0.2) is 18.2 Å². The molecular formula is C9H9FN2O3. The van der Waals surface area contributed by atoms with Crippen molar-refractivity contribution in [3.8, 4) is 0 Å². The second-order valence-corrected chi connectivity index (χ2v) is 2.79. The van der Waals surface area contributed by atoms with Gasteiger partial charge in [0.1, 0.15) is 5.82 Å². The Hall–Kier alpha value is -2.11. The first kappa shape index (κ1) is 11.0. The molecule has 1 amide bonds. The molecule has 0 heterocycles. The number of benzene rings is 1. The lowest BCUT2D eigenvalue weighted by Crippen LogP contribution is -2.23. The number of anilines is 1. The van der Waals surface area contributed by atoms with Crippen molar-refractivity contribution in [3.63, 3.8) is 0 Å². The van der Waals surface area contributed by atoms with E-state index in [1.54, 1.807) is 0 Å². The third-order valence-corrected chi connectivity index (χ3v) is 1.68. The van der Waals surface area contributed by atoms with Crippen LogP contribution in [0.2, 0.25) is 0 Å². The van der Waals surface area contributed by atoms with Gasteiger partial charge in [-0.05, 0) is 12.1 Å². The van der Waals surface area contributed by atoms with Gasteiger partial charge in [0.05, 0.1) is 17.8 Å². The molecule has 1 aromatic carbocycles. The van der Waals surface area contributed by atoms with Crippen LogP contribution in [0.5, 0.6) is 0 Å². The Balaban J connectivity index is 3.02. The highest BCUT2D eigenvalue weighted by Crippen LogP contribution is 2.19. The van der Waals surface area contributed by atoms with Crippen LogP contribution >= 0.6 is 0 Å². The van der Waals surface area contributed by atoms with Gasteiger partial charge in [-0.2, -0.15) is 0 Å². The molecule has 0 bridgehead atoms. The minimum atomic E-state index is -1.28. The number of carboxylic acid groups (broad SMARTS) is 1. The molecule has 0 aliphatic heterocycles. The number of aromatic carboxylic acids is 1. The number of rotatable bonds is 4. The van der Waals surface area contributed by atoms with Crippen LogP contribution in [0.1, 0.15) is 10.4 Å². The number of hydrogen-bond donors (Lipinski definition) is 3. The van der Waals surface area contributed by atoms with Crippen LogP contribution in [-0.2, 0) is 4.79 Å². The van der Waals surface area contributed by atoms with Gasteiger partial charge in [0.2, 0.25) is 5.91 Å². The average molecular weight is 212 g/mol. The first-order valence-electron chi connectivity index (χ1n) is 4.06. The molecule has 0 saturated heterocycles. The summed E-state index contributed by atoms with van der Waals surface area (Å²) in [5, 5.41) is 11.1. The van der Waals surface area contributed by atoms with Gasteiger partial charge < -0.3 is 16.2 Å². The lowest BCUT2D eigenvalue weighted by molar-refractivity contribution is -0.116. The molecule has 5 nitrogen and oxygen atoms in total. The van der Waals surface area contributed by atoms with Gasteiger partial charge in [-0.15, -0.1) is 0 Å². The van der Waals surface area contributed by atoms with Crippen molar-refractivity contribution in [1.82, 2.24) is 0 Å². The van der Waals surface area contributed by atoms with Crippen molar-refractivity contribution in [1.29, 1.82) is 0 Å². The van der Waals surface area contributed by atoms with Crippen LogP contribution in [0.25, 0.3) is 0 Å². The van der Waals surface area contributed by atoms with Crippen molar-refractivity contribution in [3.05, 3.63) is 29.6 Å². The highest BCUT2D eigenvalue weighted by atomic mass is 19.1. The van der Waals surface area contributed by atoms with E-state index in [-0.39, 0.29) is 17.8 Å². The number of carbonyl (C=O) groups is 2. The van der Waals surface area contributed by atoms with Crippen molar-refractivity contribution in [2.45, 2.75) is 0 Å². The number of carboxylic acids is 1. The topological polar surface area (TPSA) is 92.4 Å². The smallest absolute Gasteiger partial charge is 0.337 e. The number of nitrogens with one attached hydrogen (secondary N) is 1. The van der Waals surface area contributed by atoms with E-state index < -0.39 is 17.7 Å². The molecule has 0 spiro atoms. The Morgan fingerprint density at radius 2 is 2.13 bits per heavy atom. The maximum absolute atomic E-state index is 13.2. The molecule has 4 N–H and O–H groups in total. The first-order chi connectivity index (χ1) is 7.02. The number of carbonyl (C=O) groups excluding carboxylic acids is 1. The summed E-state index contributed by atoms with van der Waals surface area (Å²) in [6.07, 6.45) is 0. The second kappa shape index (κ2) is 4.41. The molecule has 80 valence electrons. The van der Waals surface area contributed by atoms with Crippen LogP contribution < -0.4 is 11.1 Å². The molecule has 0 saturated carbocycles. The summed E-state index contributed by atoms with van der Waals surface area (Å²) in [6, 6.07) is 3.60. The molecule has 6 heteroatoms. The Labute approximate surface area is 84.7 Å². The molecule has 0 atom stereocenters. The van der Waals surface area contributed by atoms with E-state index in [0.29, 0.717) is 0 Å². The van der Waals surface area contributed by atoms with E-state index in [0.717, 1.165) is 6.07 Å². The number of nitrogens with two attached hydrogens (primary N) is 1. The summed E-state index contributed by atoms with van der Waals surface area (Å²) in [5.41, 5.74) is 4.37. The van der Waals surface area contributed by atoms with Crippen LogP contribution in [0.3, 0.4) is 0 Å². The number of hydrogen-bond acceptors (Lipinski definition) is 3. The van der Waals surface area contributed by atoms with E-state index in [1.807, 2.05) is 0 Å². The van der Waals surface area contributed by atoms with Crippen molar-refractivity contribution in [2.75, 3.05) is 11.9 Å². The maximum atomic E-state index is 13.2. The molecule has 0 aliphatic carbocycles. The summed E-state index contributed by atoms with van der Waals surface area (Å²) >= 11 is 0. The fourth-order valence-corrected chi connectivity index (χ4v) is 1.06. The number of para-hydroxylation sites is 1. The van der Waals surface area contributed by atoms with E-state index in [2.05, 4.69) is 5.32 Å². The summed E-state index contributed by atoms with van der Waals surface area (Å²) in [5.74, 6) is -2.72. The predicted octanol–water partition coefficient (Wildman–Crippen LogP) is 0.421.